The molecule has 0 aliphatic rings. The molecule has 0 aromatic heterocycles. The molecule has 0 amide bonds. The monoisotopic (exact) mass is 343 g/mol. The fraction of sp³-hybridized carbons (Fsp3) is 0.200. The molecule has 0 atom stereocenters. The summed E-state index contributed by atoms with van der Waals surface area (Å²) in [6.45, 7) is -1.33. The number of para-hydroxylation sites is 2. The van der Waals surface area contributed by atoms with Crippen LogP contribution in [0.3, 0.4) is 0 Å². The van der Waals surface area contributed by atoms with Crippen LogP contribution in [0.4, 0.5) is 14.5 Å². The van der Waals surface area contributed by atoms with E-state index in [2.05, 4.69) is 9.46 Å². The highest BCUT2D eigenvalue weighted by Gasteiger charge is 2.22. The number of sulfonamides is 1. The van der Waals surface area contributed by atoms with Gasteiger partial charge in [0.2, 0.25) is 0 Å². The predicted octanol–water partition coefficient (Wildman–Crippen LogP) is 3.41. The number of ether oxygens (including phenoxy) is 2. The van der Waals surface area contributed by atoms with Crippen LogP contribution in [0.25, 0.3) is 0 Å². The van der Waals surface area contributed by atoms with E-state index in [1.165, 1.54) is 43.5 Å². The van der Waals surface area contributed by atoms with E-state index in [1.54, 1.807) is 13.0 Å². The van der Waals surface area contributed by atoms with Gasteiger partial charge in [0, 0.05) is 0 Å². The number of halogens is 2. The van der Waals surface area contributed by atoms with Gasteiger partial charge in [-0.25, -0.2) is 8.42 Å². The highest BCUT2D eigenvalue weighted by atomic mass is 32.2. The minimum Gasteiger partial charge on any atom is -0.495 e. The average Bonchev–Trinajstić information content (AvgIpc) is 2.48. The normalized spacial score (nSPS) is 11.3. The van der Waals surface area contributed by atoms with Crippen molar-refractivity contribution in [3.63, 3.8) is 0 Å². The average molecular weight is 343 g/mol. The van der Waals surface area contributed by atoms with Crippen molar-refractivity contribution in [2.24, 2.45) is 0 Å². The van der Waals surface area contributed by atoms with Crippen LogP contribution in [0.5, 0.6) is 11.5 Å². The molecule has 0 saturated carbocycles. The number of methoxy groups -OCH3 is 1. The maximum Gasteiger partial charge on any atom is 0.387 e. The number of anilines is 1. The molecule has 0 bridgehead atoms. The molecule has 0 unspecified atom stereocenters. The molecular weight excluding hydrogens is 328 g/mol. The number of benzene rings is 2. The van der Waals surface area contributed by atoms with Gasteiger partial charge in [0.25, 0.3) is 10.0 Å². The van der Waals surface area contributed by atoms with Crippen molar-refractivity contribution >= 4 is 15.7 Å². The number of alkyl halides is 2. The first-order valence-corrected chi connectivity index (χ1v) is 8.03. The van der Waals surface area contributed by atoms with Crippen molar-refractivity contribution in [3.05, 3.63) is 48.0 Å². The second kappa shape index (κ2) is 6.82. The maximum atomic E-state index is 12.5. The Hall–Kier alpha value is -2.35. The molecule has 1 N–H and O–H groups in total. The number of rotatable bonds is 6. The predicted molar refractivity (Wildman–Crippen MR) is 81.6 cm³/mol. The molecule has 0 radical (unpaired) electrons. The third-order valence-corrected chi connectivity index (χ3v) is 4.34. The number of hydrogen-bond donors (Lipinski definition) is 1. The Morgan fingerprint density at radius 3 is 2.43 bits per heavy atom. The molecule has 0 aliphatic carbocycles. The summed E-state index contributed by atoms with van der Waals surface area (Å²) < 4.78 is 61.5. The molecule has 23 heavy (non-hydrogen) atoms. The molecule has 0 heterocycles. The summed E-state index contributed by atoms with van der Waals surface area (Å²) in [4.78, 5) is -0.0909. The summed E-state index contributed by atoms with van der Waals surface area (Å²) in [7, 11) is -2.69. The van der Waals surface area contributed by atoms with Crippen LogP contribution in [0.2, 0.25) is 0 Å². The second-order valence-electron chi connectivity index (χ2n) is 4.63. The lowest BCUT2D eigenvalue weighted by Gasteiger charge is -2.15. The van der Waals surface area contributed by atoms with Crippen LogP contribution >= 0.6 is 0 Å². The van der Waals surface area contributed by atoms with Crippen LogP contribution in [-0.4, -0.2) is 22.1 Å². The zero-order valence-electron chi connectivity index (χ0n) is 12.4. The Labute approximate surface area is 132 Å². The van der Waals surface area contributed by atoms with Crippen molar-refractivity contribution in [2.45, 2.75) is 18.4 Å². The summed E-state index contributed by atoms with van der Waals surface area (Å²) in [5.74, 6) is -0.118. The fourth-order valence-corrected chi connectivity index (χ4v) is 3.27. The summed E-state index contributed by atoms with van der Waals surface area (Å²) in [5, 5.41) is 0. The molecule has 8 heteroatoms. The van der Waals surface area contributed by atoms with Gasteiger partial charge in [-0.15, -0.1) is 0 Å². The summed E-state index contributed by atoms with van der Waals surface area (Å²) in [6, 6.07) is 10.2. The number of hydrogen-bond acceptors (Lipinski definition) is 4. The Balaban J connectivity index is 2.42. The molecule has 124 valence electrons. The van der Waals surface area contributed by atoms with Crippen molar-refractivity contribution in [2.75, 3.05) is 11.8 Å². The first-order chi connectivity index (χ1) is 10.8. The minimum atomic E-state index is -4.04. The van der Waals surface area contributed by atoms with Gasteiger partial charge in [0.05, 0.1) is 12.8 Å². The molecule has 0 spiro atoms. The zero-order chi connectivity index (χ0) is 17.0. The Bertz CT molecular complexity index is 794. The minimum absolute atomic E-state index is 0.0867. The zero-order valence-corrected chi connectivity index (χ0v) is 13.2. The van der Waals surface area contributed by atoms with Gasteiger partial charge in [0.15, 0.2) is 0 Å². The SMILES string of the molecule is COc1ccc(C)cc1S(=O)(=O)Nc1ccccc1OC(F)F. The highest BCUT2D eigenvalue weighted by Crippen LogP contribution is 2.31. The molecule has 0 fully saturated rings. The first kappa shape index (κ1) is 17.0. The van der Waals surface area contributed by atoms with E-state index in [0.29, 0.717) is 5.56 Å². The topological polar surface area (TPSA) is 64.6 Å². The van der Waals surface area contributed by atoms with E-state index in [-0.39, 0.29) is 22.1 Å². The lowest BCUT2D eigenvalue weighted by Crippen LogP contribution is -2.15. The smallest absolute Gasteiger partial charge is 0.387 e. The first-order valence-electron chi connectivity index (χ1n) is 6.55. The van der Waals surface area contributed by atoms with Crippen LogP contribution in [-0.2, 0) is 10.0 Å². The van der Waals surface area contributed by atoms with E-state index < -0.39 is 16.6 Å². The molecule has 0 saturated heterocycles. The van der Waals surface area contributed by atoms with Gasteiger partial charge >= 0.3 is 6.61 Å². The Kier molecular flexibility index (Phi) is 5.05. The summed E-state index contributed by atoms with van der Waals surface area (Å²) >= 11 is 0. The molecule has 2 rings (SSSR count). The van der Waals surface area contributed by atoms with Crippen LogP contribution < -0.4 is 14.2 Å². The van der Waals surface area contributed by atoms with Gasteiger partial charge in [-0.05, 0) is 36.8 Å². The van der Waals surface area contributed by atoms with E-state index in [9.17, 15) is 17.2 Å². The van der Waals surface area contributed by atoms with Gasteiger partial charge in [-0.2, -0.15) is 8.78 Å². The Morgan fingerprint density at radius 1 is 1.09 bits per heavy atom. The van der Waals surface area contributed by atoms with E-state index in [1.807, 2.05) is 0 Å². The quantitative estimate of drug-likeness (QED) is 0.873. The highest BCUT2D eigenvalue weighted by molar-refractivity contribution is 7.92. The molecule has 0 aliphatic heterocycles. The molecular formula is C15H15F2NO4S. The van der Waals surface area contributed by atoms with Crippen molar-refractivity contribution in [1.29, 1.82) is 0 Å². The van der Waals surface area contributed by atoms with Gasteiger partial charge in [0.1, 0.15) is 16.4 Å². The van der Waals surface area contributed by atoms with Gasteiger partial charge in [-0.1, -0.05) is 18.2 Å². The van der Waals surface area contributed by atoms with Crippen molar-refractivity contribution < 1.29 is 26.7 Å². The number of nitrogens with one attached hydrogen (secondary N) is 1. The Morgan fingerprint density at radius 2 is 1.78 bits per heavy atom. The largest absolute Gasteiger partial charge is 0.495 e. The van der Waals surface area contributed by atoms with Crippen LogP contribution in [0.15, 0.2) is 47.4 Å². The van der Waals surface area contributed by atoms with Gasteiger partial charge < -0.3 is 9.47 Å². The van der Waals surface area contributed by atoms with Crippen LogP contribution in [0, 0.1) is 6.92 Å². The van der Waals surface area contributed by atoms with E-state index >= 15 is 0 Å². The van der Waals surface area contributed by atoms with Crippen molar-refractivity contribution in [3.8, 4) is 11.5 Å². The van der Waals surface area contributed by atoms with Crippen molar-refractivity contribution in [1.82, 2.24) is 0 Å². The summed E-state index contributed by atoms with van der Waals surface area (Å²) in [6.07, 6.45) is 0. The molecule has 5 nitrogen and oxygen atoms in total. The third kappa shape index (κ3) is 4.10. The second-order valence-corrected chi connectivity index (χ2v) is 6.29. The van der Waals surface area contributed by atoms with E-state index in [4.69, 9.17) is 4.74 Å². The standard InChI is InChI=1S/C15H15F2NO4S/c1-10-7-8-13(21-2)14(9-10)23(19,20)18-11-5-3-4-6-12(11)22-15(16)17/h3-9,15,18H,1-2H3. The maximum absolute atomic E-state index is 12.5. The summed E-state index contributed by atoms with van der Waals surface area (Å²) in [5.41, 5.74) is 0.625. The lowest BCUT2D eigenvalue weighted by molar-refractivity contribution is -0.0493. The lowest BCUT2D eigenvalue weighted by atomic mass is 10.2. The number of aryl methyl sites for hydroxylation is 1. The third-order valence-electron chi connectivity index (χ3n) is 2.96. The molecule has 2 aromatic carbocycles. The van der Waals surface area contributed by atoms with Crippen LogP contribution in [0.1, 0.15) is 5.56 Å². The molecule has 2 aromatic rings. The van der Waals surface area contributed by atoms with E-state index in [0.717, 1.165) is 0 Å². The van der Waals surface area contributed by atoms with Gasteiger partial charge in [-0.3, -0.25) is 4.72 Å². The fourth-order valence-electron chi connectivity index (χ4n) is 1.94.